The van der Waals surface area contributed by atoms with Gasteiger partial charge in [0.05, 0.1) is 0 Å². The van der Waals surface area contributed by atoms with Gasteiger partial charge in [-0.1, -0.05) is 121 Å². The number of rotatable bonds is 8. The van der Waals surface area contributed by atoms with Gasteiger partial charge in [0.25, 0.3) is 0 Å². The molecule has 0 N–H and O–H groups in total. The third kappa shape index (κ3) is 5.62. The maximum Gasteiger partial charge on any atom is -0.00641 e. The summed E-state index contributed by atoms with van der Waals surface area (Å²) in [5, 5.41) is 5.96. The van der Waals surface area contributed by atoms with Crippen LogP contribution in [0.4, 0.5) is 0 Å². The smallest absolute Gasteiger partial charge is 0.00641 e. The first-order valence-electron chi connectivity index (χ1n) is 9.88. The van der Waals surface area contributed by atoms with Gasteiger partial charge in [-0.25, -0.2) is 0 Å². The van der Waals surface area contributed by atoms with Crippen LogP contribution in [0, 0.1) is 0 Å². The van der Waals surface area contributed by atoms with Gasteiger partial charge < -0.3 is 0 Å². The molecule has 0 aliphatic heterocycles. The lowest BCUT2D eigenvalue weighted by Crippen LogP contribution is -2.14. The Bertz CT molecular complexity index is 811. The topological polar surface area (TPSA) is 0 Å². The Morgan fingerprint density at radius 3 is 0.862 bits per heavy atom. The quantitative estimate of drug-likeness (QED) is 0.308. The van der Waals surface area contributed by atoms with E-state index in [1.165, 1.54) is 33.0 Å². The molecule has 4 rings (SSSR count). The van der Waals surface area contributed by atoms with E-state index in [1.807, 2.05) is 0 Å². The van der Waals surface area contributed by atoms with Crippen LogP contribution in [-0.4, -0.2) is 11.8 Å². The SMILES string of the molecule is c1ccc(P(CPCP(c2ccccc2)c2ccccc2)c2ccccc2)cc1. The van der Waals surface area contributed by atoms with Crippen LogP contribution in [0.15, 0.2) is 121 Å². The largest absolute Gasteiger partial charge is 0.112 e. The molecule has 0 aliphatic rings. The van der Waals surface area contributed by atoms with E-state index in [9.17, 15) is 0 Å². The van der Waals surface area contributed by atoms with E-state index >= 15 is 0 Å². The van der Waals surface area contributed by atoms with Crippen LogP contribution in [-0.2, 0) is 0 Å². The first-order chi connectivity index (χ1) is 14.4. The molecule has 0 heterocycles. The van der Waals surface area contributed by atoms with Gasteiger partial charge in [0.1, 0.15) is 0 Å². The molecular formula is C26H25P3. The normalized spacial score (nSPS) is 11.1. The summed E-state index contributed by atoms with van der Waals surface area (Å²) >= 11 is 0. The van der Waals surface area contributed by atoms with Gasteiger partial charge in [-0.2, -0.15) is 0 Å². The van der Waals surface area contributed by atoms with Crippen molar-refractivity contribution in [2.45, 2.75) is 0 Å². The number of hydrogen-bond donors (Lipinski definition) is 0. The minimum absolute atomic E-state index is 0.297. The molecular weight excluding hydrogens is 405 g/mol. The molecule has 0 fully saturated rings. The van der Waals surface area contributed by atoms with Crippen LogP contribution >= 0.6 is 24.4 Å². The van der Waals surface area contributed by atoms with Gasteiger partial charge in [0.15, 0.2) is 0 Å². The van der Waals surface area contributed by atoms with Gasteiger partial charge in [-0.05, 0) is 48.9 Å². The summed E-state index contributed by atoms with van der Waals surface area (Å²) in [5.41, 5.74) is 0. The average Bonchev–Trinajstić information content (AvgIpc) is 2.81. The minimum Gasteiger partial charge on any atom is -0.112 e. The summed E-state index contributed by atoms with van der Waals surface area (Å²) in [4.78, 5) is 0. The molecule has 144 valence electrons. The predicted molar refractivity (Wildman–Crippen MR) is 136 cm³/mol. The van der Waals surface area contributed by atoms with Crippen molar-refractivity contribution >= 4 is 45.6 Å². The summed E-state index contributed by atoms with van der Waals surface area (Å²) in [7, 11) is 0.359. The molecule has 29 heavy (non-hydrogen) atoms. The third-order valence-corrected chi connectivity index (χ3v) is 12.8. The van der Waals surface area contributed by atoms with E-state index in [4.69, 9.17) is 0 Å². The van der Waals surface area contributed by atoms with Gasteiger partial charge in [-0.3, -0.25) is 0 Å². The second kappa shape index (κ2) is 10.8. The van der Waals surface area contributed by atoms with E-state index in [-0.39, 0.29) is 15.8 Å². The lowest BCUT2D eigenvalue weighted by molar-refractivity contribution is 1.74. The number of hydrogen-bond acceptors (Lipinski definition) is 0. The van der Waals surface area contributed by atoms with Gasteiger partial charge in [0.2, 0.25) is 0 Å². The van der Waals surface area contributed by atoms with Crippen LogP contribution in [0.1, 0.15) is 0 Å². The molecule has 0 aliphatic carbocycles. The average molecular weight is 430 g/mol. The maximum atomic E-state index is 2.31. The van der Waals surface area contributed by atoms with Crippen molar-refractivity contribution in [1.29, 1.82) is 0 Å². The van der Waals surface area contributed by atoms with E-state index in [1.54, 1.807) is 0 Å². The first kappa shape index (κ1) is 20.4. The van der Waals surface area contributed by atoms with Crippen molar-refractivity contribution in [3.63, 3.8) is 0 Å². The minimum atomic E-state index is -0.297. The molecule has 0 bridgehead atoms. The van der Waals surface area contributed by atoms with Crippen LogP contribution in [0.3, 0.4) is 0 Å². The monoisotopic (exact) mass is 430 g/mol. The van der Waals surface area contributed by atoms with Crippen LogP contribution in [0.2, 0.25) is 0 Å². The van der Waals surface area contributed by atoms with Crippen molar-refractivity contribution in [1.82, 2.24) is 0 Å². The predicted octanol–water partition coefficient (Wildman–Crippen LogP) is 5.85. The summed E-state index contributed by atoms with van der Waals surface area (Å²) in [6.07, 6.45) is 0. The Balaban J connectivity index is 1.53. The molecule has 0 saturated carbocycles. The third-order valence-electron chi connectivity index (χ3n) is 4.81. The van der Waals surface area contributed by atoms with Gasteiger partial charge >= 0.3 is 0 Å². The summed E-state index contributed by atoms with van der Waals surface area (Å²) < 4.78 is 0. The highest BCUT2D eigenvalue weighted by atomic mass is 31.2. The second-order valence-electron chi connectivity index (χ2n) is 6.76. The lowest BCUT2D eigenvalue weighted by atomic mass is 10.4. The van der Waals surface area contributed by atoms with Crippen molar-refractivity contribution in [2.75, 3.05) is 11.8 Å². The zero-order valence-electron chi connectivity index (χ0n) is 16.4. The molecule has 0 aromatic heterocycles. The van der Waals surface area contributed by atoms with E-state index in [2.05, 4.69) is 121 Å². The zero-order valence-corrected chi connectivity index (χ0v) is 19.1. The molecule has 0 unspecified atom stereocenters. The fourth-order valence-electron chi connectivity index (χ4n) is 3.37. The molecule has 0 saturated heterocycles. The standard InChI is InChI=1S/C26H25P3/c1-5-13-23(14-6-1)28(24-15-7-2-8-16-24)21-27-22-29(25-17-9-3-10-18-25)26-19-11-4-12-20-26/h1-20,27H,21-22H2. The van der Waals surface area contributed by atoms with Crippen LogP contribution in [0.25, 0.3) is 0 Å². The highest BCUT2D eigenvalue weighted by Crippen LogP contribution is 2.46. The molecule has 4 aromatic rings. The van der Waals surface area contributed by atoms with Crippen molar-refractivity contribution in [2.24, 2.45) is 0 Å². The van der Waals surface area contributed by atoms with Gasteiger partial charge in [0, 0.05) is 0 Å². The summed E-state index contributed by atoms with van der Waals surface area (Å²) in [6, 6.07) is 44.4. The molecule has 0 amide bonds. The molecule has 0 radical (unpaired) electrons. The molecule has 0 nitrogen and oxygen atoms in total. The highest BCUT2D eigenvalue weighted by molar-refractivity contribution is 7.84. The molecule has 0 atom stereocenters. The van der Waals surface area contributed by atoms with Crippen molar-refractivity contribution in [3.8, 4) is 0 Å². The Hall–Kier alpha value is -1.83. The maximum absolute atomic E-state index is 2.31. The summed E-state index contributed by atoms with van der Waals surface area (Å²) in [5.74, 6) is 2.53. The fraction of sp³-hybridized carbons (Fsp3) is 0.0769. The van der Waals surface area contributed by atoms with E-state index in [0.717, 1.165) is 8.58 Å². The Kier molecular flexibility index (Phi) is 7.62. The molecule has 0 spiro atoms. The lowest BCUT2D eigenvalue weighted by Gasteiger charge is -2.22. The summed E-state index contributed by atoms with van der Waals surface area (Å²) in [6.45, 7) is 0. The fourth-order valence-corrected chi connectivity index (χ4v) is 12.1. The van der Waals surface area contributed by atoms with Crippen LogP contribution < -0.4 is 21.2 Å². The van der Waals surface area contributed by atoms with Crippen molar-refractivity contribution in [3.05, 3.63) is 121 Å². The Morgan fingerprint density at radius 1 is 0.379 bits per heavy atom. The zero-order chi connectivity index (χ0) is 19.7. The van der Waals surface area contributed by atoms with E-state index in [0.29, 0.717) is 0 Å². The first-order valence-corrected chi connectivity index (χ1v) is 14.3. The molecule has 3 heteroatoms. The number of benzene rings is 4. The Morgan fingerprint density at radius 2 is 0.621 bits per heavy atom. The van der Waals surface area contributed by atoms with E-state index < -0.39 is 0 Å². The van der Waals surface area contributed by atoms with Gasteiger partial charge in [-0.15, -0.1) is 8.58 Å². The highest BCUT2D eigenvalue weighted by Gasteiger charge is 2.17. The Labute approximate surface area is 178 Å². The van der Waals surface area contributed by atoms with Crippen LogP contribution in [0.5, 0.6) is 0 Å². The molecule has 4 aromatic carbocycles. The second-order valence-corrected chi connectivity index (χ2v) is 13.6. The van der Waals surface area contributed by atoms with Crippen molar-refractivity contribution < 1.29 is 0 Å².